The molecule has 2 aromatic rings. The van der Waals surface area contributed by atoms with Crippen LogP contribution in [0.25, 0.3) is 0 Å². The number of hydrogen-bond acceptors (Lipinski definition) is 6. The largest absolute Gasteiger partial charge is 0.469 e. The number of carbonyl (C=O) groups is 1. The third kappa shape index (κ3) is 3.78. The topological polar surface area (TPSA) is 61.3 Å². The minimum atomic E-state index is -1.65. The summed E-state index contributed by atoms with van der Waals surface area (Å²) >= 11 is 1.23. The van der Waals surface area contributed by atoms with Crippen LogP contribution in [0, 0.1) is 24.4 Å². The molecule has 0 fully saturated rings. The fourth-order valence-corrected chi connectivity index (χ4v) is 2.49. The van der Waals surface area contributed by atoms with Crippen molar-refractivity contribution in [3.8, 4) is 11.6 Å². The van der Waals surface area contributed by atoms with Crippen LogP contribution in [0.1, 0.15) is 11.4 Å². The van der Waals surface area contributed by atoms with E-state index in [4.69, 9.17) is 4.74 Å². The Morgan fingerprint density at radius 2 is 1.92 bits per heavy atom. The van der Waals surface area contributed by atoms with Crippen molar-refractivity contribution >= 4 is 17.7 Å². The lowest BCUT2D eigenvalue weighted by Gasteiger charge is -2.13. The van der Waals surface area contributed by atoms with Crippen LogP contribution in [0.15, 0.2) is 17.2 Å². The molecule has 9 heteroatoms. The van der Waals surface area contributed by atoms with Gasteiger partial charge in [-0.25, -0.2) is 13.8 Å². The van der Waals surface area contributed by atoms with E-state index in [1.54, 1.807) is 13.2 Å². The monoisotopic (exact) mass is 358 g/mol. The second-order valence-corrected chi connectivity index (χ2v) is 5.39. The number of aromatic nitrogens is 2. The molecule has 2 rings (SSSR count). The van der Waals surface area contributed by atoms with Gasteiger partial charge in [0.2, 0.25) is 11.7 Å². The van der Waals surface area contributed by atoms with E-state index in [2.05, 4.69) is 14.7 Å². The van der Waals surface area contributed by atoms with E-state index in [0.717, 1.165) is 12.1 Å². The molecule has 5 nitrogen and oxygen atoms in total. The quantitative estimate of drug-likeness (QED) is 0.353. The van der Waals surface area contributed by atoms with Crippen LogP contribution in [0.2, 0.25) is 0 Å². The van der Waals surface area contributed by atoms with Crippen LogP contribution in [-0.2, 0) is 16.0 Å². The number of methoxy groups -OCH3 is 1. The van der Waals surface area contributed by atoms with E-state index in [9.17, 15) is 18.0 Å². The van der Waals surface area contributed by atoms with Crippen LogP contribution in [0.5, 0.6) is 11.6 Å². The normalized spacial score (nSPS) is 10.6. The Kier molecular flexibility index (Phi) is 5.66. The van der Waals surface area contributed by atoms with Crippen molar-refractivity contribution in [2.24, 2.45) is 0 Å². The lowest BCUT2D eigenvalue weighted by Crippen LogP contribution is -2.10. The maximum atomic E-state index is 13.8. The van der Waals surface area contributed by atoms with Crippen molar-refractivity contribution in [3.05, 3.63) is 41.0 Å². The average Bonchev–Trinajstić information content (AvgIpc) is 2.57. The summed E-state index contributed by atoms with van der Waals surface area (Å²) in [7, 11) is 1.21. The third-order valence-corrected chi connectivity index (χ3v) is 3.72. The van der Waals surface area contributed by atoms with Gasteiger partial charge in [0.25, 0.3) is 0 Å². The maximum absolute atomic E-state index is 13.8. The van der Waals surface area contributed by atoms with Gasteiger partial charge in [0.1, 0.15) is 10.9 Å². The van der Waals surface area contributed by atoms with Crippen LogP contribution in [-0.4, -0.2) is 29.3 Å². The number of aryl methyl sites for hydroxylation is 1. The zero-order chi connectivity index (χ0) is 17.9. The van der Waals surface area contributed by atoms with E-state index in [-0.39, 0.29) is 17.9 Å². The van der Waals surface area contributed by atoms with E-state index in [0.29, 0.717) is 10.9 Å². The van der Waals surface area contributed by atoms with Crippen LogP contribution < -0.4 is 4.74 Å². The SMILES string of the molecule is COC(=O)Cc1c(Oc2ccc(F)c(F)c2F)nc(C)nc1SC. The third-order valence-electron chi connectivity index (χ3n) is 2.99. The second-order valence-electron chi connectivity index (χ2n) is 4.59. The average molecular weight is 358 g/mol. The Morgan fingerprint density at radius 3 is 2.54 bits per heavy atom. The van der Waals surface area contributed by atoms with Gasteiger partial charge in [-0.2, -0.15) is 9.37 Å². The number of nitrogens with zero attached hydrogens (tertiary/aromatic N) is 2. The molecule has 0 atom stereocenters. The fourth-order valence-electron chi connectivity index (χ4n) is 1.86. The van der Waals surface area contributed by atoms with Crippen LogP contribution in [0.4, 0.5) is 13.2 Å². The van der Waals surface area contributed by atoms with E-state index in [1.165, 1.54) is 18.9 Å². The van der Waals surface area contributed by atoms with Gasteiger partial charge < -0.3 is 9.47 Å². The van der Waals surface area contributed by atoms with Crippen molar-refractivity contribution in [1.29, 1.82) is 0 Å². The van der Waals surface area contributed by atoms with Gasteiger partial charge in [0.05, 0.1) is 19.1 Å². The number of carbonyl (C=O) groups excluding carboxylic acids is 1. The summed E-state index contributed by atoms with van der Waals surface area (Å²) in [6.45, 7) is 1.58. The van der Waals surface area contributed by atoms with E-state index in [1.807, 2.05) is 0 Å². The molecule has 0 aliphatic carbocycles. The molecule has 0 amide bonds. The van der Waals surface area contributed by atoms with Gasteiger partial charge in [0.15, 0.2) is 17.4 Å². The van der Waals surface area contributed by atoms with Crippen LogP contribution in [0.3, 0.4) is 0 Å². The number of halogens is 3. The molecule has 0 bridgehead atoms. The Balaban J connectivity index is 2.51. The molecule has 128 valence electrons. The Bertz CT molecular complexity index is 787. The number of hydrogen-bond donors (Lipinski definition) is 0. The Labute approximate surface area is 140 Å². The number of rotatable bonds is 5. The highest BCUT2D eigenvalue weighted by atomic mass is 32.2. The lowest BCUT2D eigenvalue weighted by molar-refractivity contribution is -0.139. The smallest absolute Gasteiger partial charge is 0.310 e. The van der Waals surface area contributed by atoms with Crippen molar-refractivity contribution in [2.45, 2.75) is 18.4 Å². The summed E-state index contributed by atoms with van der Waals surface area (Å²) in [5.74, 6) is -5.41. The number of ether oxygens (including phenoxy) is 2. The van der Waals surface area contributed by atoms with E-state index >= 15 is 0 Å². The fraction of sp³-hybridized carbons (Fsp3) is 0.267. The predicted molar refractivity (Wildman–Crippen MR) is 80.7 cm³/mol. The van der Waals surface area contributed by atoms with Gasteiger partial charge in [-0.15, -0.1) is 11.8 Å². The molecule has 0 spiro atoms. The second kappa shape index (κ2) is 7.52. The first-order chi connectivity index (χ1) is 11.4. The number of esters is 1. The molecular formula is C15H13F3N2O3S. The van der Waals surface area contributed by atoms with Gasteiger partial charge >= 0.3 is 5.97 Å². The molecule has 0 aliphatic rings. The van der Waals surface area contributed by atoms with Crippen molar-refractivity contribution in [3.63, 3.8) is 0 Å². The summed E-state index contributed by atoms with van der Waals surface area (Å²) in [5.41, 5.74) is 0.268. The number of thioether (sulfide) groups is 1. The molecule has 0 saturated heterocycles. The Hall–Kier alpha value is -2.29. The van der Waals surface area contributed by atoms with Crippen LogP contribution >= 0.6 is 11.8 Å². The molecule has 0 N–H and O–H groups in total. The standard InChI is InChI=1S/C15H13F3N2O3S/c1-7-19-14(8(6-11(21)22-2)15(20-7)24-3)23-10-5-4-9(16)12(17)13(10)18/h4-5H,6H2,1-3H3. The number of benzene rings is 1. The molecule has 0 saturated carbocycles. The molecule has 1 aromatic carbocycles. The van der Waals surface area contributed by atoms with Gasteiger partial charge in [-0.05, 0) is 25.3 Å². The van der Waals surface area contributed by atoms with Gasteiger partial charge in [-0.3, -0.25) is 4.79 Å². The Morgan fingerprint density at radius 1 is 1.21 bits per heavy atom. The molecule has 0 radical (unpaired) electrons. The molecule has 1 heterocycles. The summed E-state index contributed by atoms with van der Waals surface area (Å²) in [4.78, 5) is 19.8. The zero-order valence-corrected chi connectivity index (χ0v) is 13.8. The minimum absolute atomic E-state index is 0.123. The first-order valence-corrected chi connectivity index (χ1v) is 7.89. The highest BCUT2D eigenvalue weighted by Gasteiger charge is 2.21. The van der Waals surface area contributed by atoms with E-state index < -0.39 is 29.2 Å². The van der Waals surface area contributed by atoms with Crippen molar-refractivity contribution < 1.29 is 27.4 Å². The summed E-state index contributed by atoms with van der Waals surface area (Å²) in [6.07, 6.45) is 1.51. The summed E-state index contributed by atoms with van der Waals surface area (Å²) in [6, 6.07) is 1.67. The maximum Gasteiger partial charge on any atom is 0.310 e. The molecule has 24 heavy (non-hydrogen) atoms. The minimum Gasteiger partial charge on any atom is -0.469 e. The lowest BCUT2D eigenvalue weighted by atomic mass is 10.2. The first kappa shape index (κ1) is 18.1. The molecule has 0 aliphatic heterocycles. The van der Waals surface area contributed by atoms with Gasteiger partial charge in [-0.1, -0.05) is 0 Å². The highest BCUT2D eigenvalue weighted by molar-refractivity contribution is 7.98. The molecule has 0 unspecified atom stereocenters. The summed E-state index contributed by atoms with van der Waals surface area (Å²) < 4.78 is 50.1. The van der Waals surface area contributed by atoms with Crippen molar-refractivity contribution in [1.82, 2.24) is 9.97 Å². The summed E-state index contributed by atoms with van der Waals surface area (Å²) in [5, 5.41) is 0.436. The van der Waals surface area contributed by atoms with Gasteiger partial charge in [0, 0.05) is 0 Å². The zero-order valence-electron chi connectivity index (χ0n) is 13.0. The van der Waals surface area contributed by atoms with Crippen molar-refractivity contribution in [2.75, 3.05) is 13.4 Å². The molecular weight excluding hydrogens is 345 g/mol. The first-order valence-electron chi connectivity index (χ1n) is 6.67. The molecule has 1 aromatic heterocycles. The highest BCUT2D eigenvalue weighted by Crippen LogP contribution is 2.32. The predicted octanol–water partition coefficient (Wildman–Crippen LogP) is 3.43.